The van der Waals surface area contributed by atoms with Gasteiger partial charge >= 0.3 is 18.4 Å². The molecular weight excluding hydrogens is 971 g/mol. The quantitative estimate of drug-likeness (QED) is 0.133. The number of halogens is 6. The maximum Gasteiger partial charge on any atom is 0.430 e. The Kier molecular flexibility index (Phi) is 14.1. The van der Waals surface area contributed by atoms with Crippen LogP contribution in [0.25, 0.3) is 22.0 Å². The van der Waals surface area contributed by atoms with Crippen molar-refractivity contribution in [2.24, 2.45) is 17.8 Å². The summed E-state index contributed by atoms with van der Waals surface area (Å²) in [5, 5.41) is 7.38. The standard InChI is InChI=1S/C47H54F6N6O9S2/c1-4-28-20-27(2)8-5-6-9-31-24-45(31,41(62)58-70(64,65)43(3)15-16-43)57-38(60)36-23-33(25-59(36)40(61)37(28)56-42(63)68-44(47(51,52)53)14-7-18-66-26-44)67-32-21-34(55-35(22-32)39-54-17-19-69-39)29-10-12-30(13-11-29)46(48,49)50/h6,9-13,17,19,21-22,27-28,31,33,36-37H,4-5,7-8,14-16,18,20,23-26H2,1-3H3,(H,56,63)(H,57,60)(H,58,62)/b9-6-/t27-,28-,31-,33-,36+,37+,44?,45-/m1/s1. The summed E-state index contributed by atoms with van der Waals surface area (Å²) in [5.74, 6) is -3.97. The summed E-state index contributed by atoms with van der Waals surface area (Å²) >= 11 is 1.23. The van der Waals surface area contributed by atoms with Crippen LogP contribution in [-0.2, 0) is 40.1 Å². The Hall–Kier alpha value is -5.29. The number of ether oxygens (including phenoxy) is 3. The highest BCUT2D eigenvalue weighted by molar-refractivity contribution is 7.91. The predicted octanol–water partition coefficient (Wildman–Crippen LogP) is 7.72. The lowest BCUT2D eigenvalue weighted by Gasteiger charge is -2.39. The molecule has 380 valence electrons. The molecule has 8 atom stereocenters. The predicted molar refractivity (Wildman–Crippen MR) is 242 cm³/mol. The summed E-state index contributed by atoms with van der Waals surface area (Å²) in [6.45, 7) is 3.93. The molecule has 2 aromatic heterocycles. The van der Waals surface area contributed by atoms with Crippen LogP contribution in [0.5, 0.6) is 5.75 Å². The number of amides is 4. The molecule has 2 saturated carbocycles. The number of carbonyl (C=O) groups is 4. The summed E-state index contributed by atoms with van der Waals surface area (Å²) < 4.78 is 129. The minimum absolute atomic E-state index is 0.0253. The van der Waals surface area contributed by atoms with Crippen molar-refractivity contribution in [3.63, 3.8) is 0 Å². The normalized spacial score (nSPS) is 29.8. The van der Waals surface area contributed by atoms with Gasteiger partial charge in [0.2, 0.25) is 27.4 Å². The number of alkyl carbamates (subject to hydrolysis) is 1. The third kappa shape index (κ3) is 10.7. The molecule has 1 aromatic carbocycles. The smallest absolute Gasteiger partial charge is 0.430 e. The summed E-state index contributed by atoms with van der Waals surface area (Å²) in [6, 6.07) is 4.33. The average molecular weight is 1030 g/mol. The van der Waals surface area contributed by atoms with Gasteiger partial charge in [-0.05, 0) is 75.8 Å². The third-order valence-corrected chi connectivity index (χ3v) is 17.1. The first kappa shape index (κ1) is 51.1. The minimum atomic E-state index is -5.02. The van der Waals surface area contributed by atoms with Crippen molar-refractivity contribution in [2.75, 3.05) is 19.8 Å². The molecule has 3 aromatic rings. The van der Waals surface area contributed by atoms with Gasteiger partial charge in [-0.25, -0.2) is 23.2 Å². The highest BCUT2D eigenvalue weighted by Crippen LogP contribution is 2.48. The number of nitrogens with zero attached hydrogens (tertiary/aromatic N) is 3. The molecule has 3 aliphatic heterocycles. The fourth-order valence-electron chi connectivity index (χ4n) is 9.48. The van der Waals surface area contributed by atoms with Crippen LogP contribution in [0.4, 0.5) is 31.1 Å². The molecule has 23 heteroatoms. The van der Waals surface area contributed by atoms with Crippen LogP contribution in [0.2, 0.25) is 0 Å². The van der Waals surface area contributed by atoms with Crippen LogP contribution in [0.15, 0.2) is 60.1 Å². The van der Waals surface area contributed by atoms with Crippen LogP contribution in [0.1, 0.15) is 90.5 Å². The van der Waals surface area contributed by atoms with E-state index >= 15 is 4.79 Å². The first-order valence-electron chi connectivity index (χ1n) is 23.2. The first-order valence-corrected chi connectivity index (χ1v) is 25.6. The Morgan fingerprint density at radius 2 is 1.77 bits per heavy atom. The summed E-state index contributed by atoms with van der Waals surface area (Å²) in [6.07, 6.45) is -5.60. The van der Waals surface area contributed by atoms with Gasteiger partial charge in [0.25, 0.3) is 5.91 Å². The molecule has 8 rings (SSSR count). The Morgan fingerprint density at radius 3 is 2.40 bits per heavy atom. The zero-order valence-electron chi connectivity index (χ0n) is 38.5. The number of aromatic nitrogens is 2. The topological polar surface area (TPSA) is 195 Å². The minimum Gasteiger partial charge on any atom is -0.488 e. The van der Waals surface area contributed by atoms with E-state index in [0.717, 1.165) is 17.0 Å². The number of rotatable bonds is 10. The van der Waals surface area contributed by atoms with Crippen molar-refractivity contribution in [2.45, 2.75) is 131 Å². The van der Waals surface area contributed by atoms with Crippen LogP contribution in [-0.4, -0.2) is 107 Å². The lowest BCUT2D eigenvalue weighted by Crippen LogP contribution is -2.61. The van der Waals surface area contributed by atoms with E-state index in [1.807, 2.05) is 13.0 Å². The number of sulfonamides is 1. The van der Waals surface area contributed by atoms with Gasteiger partial charge in [0, 0.05) is 54.6 Å². The van der Waals surface area contributed by atoms with Crippen molar-refractivity contribution in [3.05, 3.63) is 65.7 Å². The second-order valence-electron chi connectivity index (χ2n) is 19.3. The number of benzene rings is 1. The van der Waals surface area contributed by atoms with E-state index in [1.54, 1.807) is 18.4 Å². The van der Waals surface area contributed by atoms with Crippen LogP contribution in [0, 0.1) is 17.8 Å². The van der Waals surface area contributed by atoms with Crippen LogP contribution >= 0.6 is 11.3 Å². The molecule has 15 nitrogen and oxygen atoms in total. The summed E-state index contributed by atoms with van der Waals surface area (Å²) in [7, 11) is -4.16. The van der Waals surface area contributed by atoms with Gasteiger partial charge in [0.1, 0.15) is 40.2 Å². The molecule has 3 N–H and O–H groups in total. The first-order chi connectivity index (χ1) is 33.0. The van der Waals surface area contributed by atoms with Crippen molar-refractivity contribution >= 4 is 45.2 Å². The molecule has 2 aliphatic carbocycles. The van der Waals surface area contributed by atoms with Crippen LogP contribution < -0.4 is 20.1 Å². The molecule has 0 radical (unpaired) electrons. The third-order valence-electron chi connectivity index (χ3n) is 14.1. The van der Waals surface area contributed by atoms with E-state index in [1.165, 1.54) is 48.7 Å². The van der Waals surface area contributed by atoms with Gasteiger partial charge in [-0.15, -0.1) is 11.3 Å². The molecule has 5 aliphatic rings. The molecule has 1 unspecified atom stereocenters. The number of allylic oxidation sites excluding steroid dienone is 1. The molecule has 4 fully saturated rings. The highest BCUT2D eigenvalue weighted by atomic mass is 32.2. The number of hydrogen-bond acceptors (Lipinski definition) is 12. The van der Waals surface area contributed by atoms with E-state index in [9.17, 15) is 49.1 Å². The van der Waals surface area contributed by atoms with E-state index in [4.69, 9.17) is 14.2 Å². The number of nitrogens with one attached hydrogen (secondary N) is 3. The number of pyridine rings is 1. The molecular formula is C47H54F6N6O9S2. The van der Waals surface area contributed by atoms with Crippen LogP contribution in [0.3, 0.4) is 0 Å². The van der Waals surface area contributed by atoms with Gasteiger partial charge < -0.3 is 29.7 Å². The summed E-state index contributed by atoms with van der Waals surface area (Å²) in [4.78, 5) is 68.1. The van der Waals surface area contributed by atoms with Crippen molar-refractivity contribution in [1.82, 2.24) is 30.2 Å². The van der Waals surface area contributed by atoms with E-state index in [0.29, 0.717) is 48.4 Å². The molecule has 4 amide bonds. The number of hydrogen-bond donors (Lipinski definition) is 3. The van der Waals surface area contributed by atoms with E-state index in [2.05, 4.69) is 25.3 Å². The Morgan fingerprint density at radius 1 is 1.04 bits per heavy atom. The van der Waals surface area contributed by atoms with Crippen molar-refractivity contribution in [3.8, 4) is 27.7 Å². The zero-order chi connectivity index (χ0) is 50.4. The van der Waals surface area contributed by atoms with Gasteiger partial charge in [-0.2, -0.15) is 26.3 Å². The van der Waals surface area contributed by atoms with Gasteiger partial charge in [-0.3, -0.25) is 19.1 Å². The molecule has 70 heavy (non-hydrogen) atoms. The summed E-state index contributed by atoms with van der Waals surface area (Å²) in [5.41, 5.74) is -4.81. The highest BCUT2D eigenvalue weighted by Gasteiger charge is 2.64. The zero-order valence-corrected chi connectivity index (χ0v) is 40.2. The number of thiazole rings is 1. The van der Waals surface area contributed by atoms with Gasteiger partial charge in [0.15, 0.2) is 0 Å². The number of alkyl halides is 6. The molecule has 2 saturated heterocycles. The largest absolute Gasteiger partial charge is 0.488 e. The molecule has 0 bridgehead atoms. The Bertz CT molecular complexity index is 2590. The SMILES string of the molecule is CC[C@@H]1C[C@H](C)CC/C=C\[C@@H]2C[C@@]2(C(=O)NS(=O)(=O)C2(C)CC2)NC(=O)[C@@H]2C[C@@H](Oc3cc(-c4ccc(C(F)(F)F)cc4)nc(-c4nccs4)c3)CN2C(=O)[C@H]1NC(=O)OC1(C(F)(F)F)CCCOC1. The lowest BCUT2D eigenvalue weighted by molar-refractivity contribution is -0.285. The van der Waals surface area contributed by atoms with E-state index in [-0.39, 0.29) is 56.2 Å². The molecule has 5 heterocycles. The second kappa shape index (κ2) is 19.4. The van der Waals surface area contributed by atoms with E-state index < -0.39 is 111 Å². The average Bonchev–Trinajstić information content (AvgIpc) is 4.06. The second-order valence-corrected chi connectivity index (χ2v) is 22.4. The van der Waals surface area contributed by atoms with Gasteiger partial charge in [0.05, 0.1) is 29.2 Å². The fraction of sp³-hybridized carbons (Fsp3) is 0.574. The maximum absolute atomic E-state index is 15.3. The lowest BCUT2D eigenvalue weighted by atomic mass is 9.85. The fourth-order valence-corrected chi connectivity index (χ4v) is 11.4. The Labute approximate surface area is 404 Å². The molecule has 0 spiro atoms. The maximum atomic E-state index is 15.3. The number of fused-ring (bicyclic) bond motifs is 2. The van der Waals surface area contributed by atoms with Crippen molar-refractivity contribution < 1.29 is 68.1 Å². The Balaban J connectivity index is 1.15. The van der Waals surface area contributed by atoms with Gasteiger partial charge in [-0.1, -0.05) is 44.6 Å². The monoisotopic (exact) mass is 1020 g/mol. The number of carbonyl (C=O) groups excluding carboxylic acids is 4. The van der Waals surface area contributed by atoms with Crippen molar-refractivity contribution in [1.29, 1.82) is 0 Å².